The number of aromatic nitrogens is 1. The molecular formula is C15H19N3O2. The summed E-state index contributed by atoms with van der Waals surface area (Å²) in [4.78, 5) is 15.6. The quantitative estimate of drug-likeness (QED) is 0.755. The van der Waals surface area contributed by atoms with E-state index in [1.807, 2.05) is 31.2 Å². The summed E-state index contributed by atoms with van der Waals surface area (Å²) in [5, 5.41) is 6.04. The van der Waals surface area contributed by atoms with Gasteiger partial charge in [0.2, 0.25) is 5.91 Å². The number of nitrogens with zero attached hydrogens (tertiary/aromatic N) is 1. The monoisotopic (exact) mass is 273 g/mol. The molecule has 0 aliphatic rings. The van der Waals surface area contributed by atoms with Crippen molar-refractivity contribution in [3.63, 3.8) is 0 Å². The van der Waals surface area contributed by atoms with Crippen molar-refractivity contribution >= 4 is 5.91 Å². The fraction of sp³-hybridized carbons (Fsp3) is 0.333. The Morgan fingerprint density at radius 1 is 1.30 bits per heavy atom. The predicted octanol–water partition coefficient (Wildman–Crippen LogP) is 1.78. The maximum atomic E-state index is 11.6. The highest BCUT2D eigenvalue weighted by atomic mass is 16.3. The third-order valence-corrected chi connectivity index (χ3v) is 2.84. The number of rotatable bonds is 7. The fourth-order valence-electron chi connectivity index (χ4n) is 1.79. The van der Waals surface area contributed by atoms with Crippen molar-refractivity contribution in [2.45, 2.75) is 26.4 Å². The first-order valence-corrected chi connectivity index (χ1v) is 6.65. The van der Waals surface area contributed by atoms with E-state index in [2.05, 4.69) is 15.6 Å². The predicted molar refractivity (Wildman–Crippen MR) is 75.9 cm³/mol. The van der Waals surface area contributed by atoms with Gasteiger partial charge in [0.15, 0.2) is 0 Å². The van der Waals surface area contributed by atoms with E-state index in [0.717, 1.165) is 17.1 Å². The maximum absolute atomic E-state index is 11.6. The van der Waals surface area contributed by atoms with E-state index in [1.54, 1.807) is 12.4 Å². The second-order valence-electron chi connectivity index (χ2n) is 4.58. The Hall–Kier alpha value is -2.14. The van der Waals surface area contributed by atoms with Gasteiger partial charge in [-0.2, -0.15) is 0 Å². The van der Waals surface area contributed by atoms with Gasteiger partial charge in [-0.1, -0.05) is 6.07 Å². The molecule has 2 aromatic rings. The summed E-state index contributed by atoms with van der Waals surface area (Å²) in [7, 11) is 0. The van der Waals surface area contributed by atoms with Crippen molar-refractivity contribution in [3.8, 4) is 0 Å². The summed E-state index contributed by atoms with van der Waals surface area (Å²) in [6, 6.07) is 7.65. The third kappa shape index (κ3) is 4.85. The molecule has 2 N–H and O–H groups in total. The molecule has 106 valence electrons. The number of aryl methyl sites for hydroxylation is 1. The van der Waals surface area contributed by atoms with E-state index in [-0.39, 0.29) is 5.91 Å². The molecule has 0 bridgehead atoms. The highest BCUT2D eigenvalue weighted by Crippen LogP contribution is 2.05. The van der Waals surface area contributed by atoms with Crippen LogP contribution >= 0.6 is 0 Å². The van der Waals surface area contributed by atoms with Crippen LogP contribution in [0.5, 0.6) is 0 Å². The summed E-state index contributed by atoms with van der Waals surface area (Å²) in [6.45, 7) is 3.70. The number of furan rings is 1. The van der Waals surface area contributed by atoms with Crippen molar-refractivity contribution in [3.05, 3.63) is 53.7 Å². The van der Waals surface area contributed by atoms with Gasteiger partial charge < -0.3 is 15.1 Å². The molecule has 2 rings (SSSR count). The second kappa shape index (κ2) is 7.45. The zero-order chi connectivity index (χ0) is 14.2. The van der Waals surface area contributed by atoms with E-state index in [4.69, 9.17) is 4.42 Å². The van der Waals surface area contributed by atoms with Crippen molar-refractivity contribution in [2.75, 3.05) is 6.54 Å². The summed E-state index contributed by atoms with van der Waals surface area (Å²) < 4.78 is 5.43. The van der Waals surface area contributed by atoms with Crippen LogP contribution in [-0.2, 0) is 17.9 Å². The first kappa shape index (κ1) is 14.3. The van der Waals surface area contributed by atoms with Gasteiger partial charge in [0.05, 0.1) is 6.54 Å². The van der Waals surface area contributed by atoms with Gasteiger partial charge in [-0.05, 0) is 30.7 Å². The van der Waals surface area contributed by atoms with Crippen LogP contribution in [0.2, 0.25) is 0 Å². The maximum Gasteiger partial charge on any atom is 0.221 e. The van der Waals surface area contributed by atoms with Gasteiger partial charge in [0.25, 0.3) is 0 Å². The molecule has 5 heteroatoms. The first-order valence-electron chi connectivity index (χ1n) is 6.65. The number of amides is 1. The van der Waals surface area contributed by atoms with Gasteiger partial charge in [-0.15, -0.1) is 0 Å². The Labute approximate surface area is 118 Å². The largest absolute Gasteiger partial charge is 0.465 e. The van der Waals surface area contributed by atoms with Crippen LogP contribution in [0.1, 0.15) is 23.5 Å². The van der Waals surface area contributed by atoms with E-state index in [0.29, 0.717) is 26.1 Å². The van der Waals surface area contributed by atoms with E-state index in [9.17, 15) is 4.79 Å². The summed E-state index contributed by atoms with van der Waals surface area (Å²) in [5.74, 6) is 1.81. The zero-order valence-electron chi connectivity index (χ0n) is 11.6. The standard InChI is InChI=1S/C15H19N3O2/c1-12-4-5-14(20-12)11-17-8-6-15(19)18-10-13-3-2-7-16-9-13/h2-5,7,9,17H,6,8,10-11H2,1H3,(H,18,19). The van der Waals surface area contributed by atoms with Crippen LogP contribution in [0.25, 0.3) is 0 Å². The normalized spacial score (nSPS) is 10.4. The summed E-state index contributed by atoms with van der Waals surface area (Å²) in [5.41, 5.74) is 1.000. The number of carbonyl (C=O) groups is 1. The molecular weight excluding hydrogens is 254 g/mol. The number of carbonyl (C=O) groups excluding carboxylic acids is 1. The van der Waals surface area contributed by atoms with Gasteiger partial charge in [-0.25, -0.2) is 0 Å². The zero-order valence-corrected chi connectivity index (χ0v) is 11.6. The molecule has 0 aliphatic carbocycles. The SMILES string of the molecule is Cc1ccc(CNCCC(=O)NCc2cccnc2)o1. The van der Waals surface area contributed by atoms with Gasteiger partial charge >= 0.3 is 0 Å². The van der Waals surface area contributed by atoms with Crippen LogP contribution in [0, 0.1) is 6.92 Å². The molecule has 2 heterocycles. The molecule has 2 aromatic heterocycles. The van der Waals surface area contributed by atoms with Crippen molar-refractivity contribution < 1.29 is 9.21 Å². The highest BCUT2D eigenvalue weighted by molar-refractivity contribution is 5.76. The van der Waals surface area contributed by atoms with E-state index < -0.39 is 0 Å². The minimum atomic E-state index is 0.0250. The lowest BCUT2D eigenvalue weighted by atomic mass is 10.3. The van der Waals surface area contributed by atoms with Gasteiger partial charge in [-0.3, -0.25) is 9.78 Å². The smallest absolute Gasteiger partial charge is 0.221 e. The molecule has 0 unspecified atom stereocenters. The number of hydrogen-bond acceptors (Lipinski definition) is 4. The lowest BCUT2D eigenvalue weighted by Crippen LogP contribution is -2.27. The number of nitrogens with one attached hydrogen (secondary N) is 2. The Kier molecular flexibility index (Phi) is 5.32. The number of pyridine rings is 1. The average Bonchev–Trinajstić information content (AvgIpc) is 2.88. The lowest BCUT2D eigenvalue weighted by molar-refractivity contribution is -0.121. The average molecular weight is 273 g/mol. The number of hydrogen-bond donors (Lipinski definition) is 2. The van der Waals surface area contributed by atoms with Crippen LogP contribution in [0.15, 0.2) is 41.1 Å². The topological polar surface area (TPSA) is 67.2 Å². The van der Waals surface area contributed by atoms with Crippen LogP contribution < -0.4 is 10.6 Å². The van der Waals surface area contributed by atoms with Crippen molar-refractivity contribution in [1.82, 2.24) is 15.6 Å². The van der Waals surface area contributed by atoms with Crippen molar-refractivity contribution in [2.24, 2.45) is 0 Å². The first-order chi connectivity index (χ1) is 9.74. The van der Waals surface area contributed by atoms with Gasteiger partial charge in [0, 0.05) is 31.9 Å². The molecule has 0 saturated heterocycles. The molecule has 0 atom stereocenters. The minimum Gasteiger partial charge on any atom is -0.465 e. The van der Waals surface area contributed by atoms with Crippen molar-refractivity contribution in [1.29, 1.82) is 0 Å². The molecule has 0 saturated carbocycles. The molecule has 0 aromatic carbocycles. The Balaban J connectivity index is 1.58. The van der Waals surface area contributed by atoms with Crippen LogP contribution in [0.3, 0.4) is 0 Å². The fourth-order valence-corrected chi connectivity index (χ4v) is 1.79. The summed E-state index contributed by atoms with van der Waals surface area (Å²) >= 11 is 0. The van der Waals surface area contributed by atoms with Crippen LogP contribution in [-0.4, -0.2) is 17.4 Å². The second-order valence-corrected chi connectivity index (χ2v) is 4.58. The third-order valence-electron chi connectivity index (χ3n) is 2.84. The molecule has 1 amide bonds. The van der Waals surface area contributed by atoms with Crippen LogP contribution in [0.4, 0.5) is 0 Å². The molecule has 0 radical (unpaired) electrons. The van der Waals surface area contributed by atoms with E-state index in [1.165, 1.54) is 0 Å². The molecule has 20 heavy (non-hydrogen) atoms. The lowest BCUT2D eigenvalue weighted by Gasteiger charge is -2.05. The minimum absolute atomic E-state index is 0.0250. The molecule has 0 aliphatic heterocycles. The Morgan fingerprint density at radius 3 is 2.90 bits per heavy atom. The molecule has 0 spiro atoms. The highest BCUT2D eigenvalue weighted by Gasteiger charge is 2.02. The molecule has 0 fully saturated rings. The summed E-state index contributed by atoms with van der Waals surface area (Å²) in [6.07, 6.45) is 3.91. The molecule has 5 nitrogen and oxygen atoms in total. The van der Waals surface area contributed by atoms with Gasteiger partial charge in [0.1, 0.15) is 11.5 Å². The Morgan fingerprint density at radius 2 is 2.20 bits per heavy atom. The van der Waals surface area contributed by atoms with E-state index >= 15 is 0 Å². The Bertz CT molecular complexity index is 537.